The van der Waals surface area contributed by atoms with E-state index in [0.29, 0.717) is 13.0 Å². The van der Waals surface area contributed by atoms with Crippen LogP contribution in [0.25, 0.3) is 0 Å². The highest BCUT2D eigenvalue weighted by molar-refractivity contribution is 5.73. The SMILES string of the molecule is CCCCCCC[C@@H](OCc1ccccc1)[C@@H](CCCCCC)C(=O)OC[C@H]1O[C@H](O[C@H]2O[C@H](CO)[C@@H](OCc3ccccc3)[C@H](OCc3ccccc3)[C@H]2OCc2ccccc2)[C@H](OCc2ccccc2)[C@@H](OCc2ccccc2)[C@@H]1OCc1ccccc1. The summed E-state index contributed by atoms with van der Waals surface area (Å²) in [7, 11) is 0. The van der Waals surface area contributed by atoms with Crippen molar-refractivity contribution in [2.45, 2.75) is 198 Å². The van der Waals surface area contributed by atoms with Gasteiger partial charge in [-0.1, -0.05) is 284 Å². The second-order valence-electron chi connectivity index (χ2n) is 23.6. The van der Waals surface area contributed by atoms with Crippen molar-refractivity contribution in [3.8, 4) is 0 Å². The minimum Gasteiger partial charge on any atom is -0.463 e. The summed E-state index contributed by atoms with van der Waals surface area (Å²) in [6.45, 7) is 5.16. The maximum absolute atomic E-state index is 15.3. The minimum absolute atomic E-state index is 0.143. The number of rotatable bonds is 39. The van der Waals surface area contributed by atoms with Crippen molar-refractivity contribution in [1.29, 1.82) is 0 Å². The Morgan fingerprint density at radius 2 is 0.689 bits per heavy atom. The van der Waals surface area contributed by atoms with Gasteiger partial charge in [0.2, 0.25) is 0 Å². The molecule has 7 aromatic rings. The molecule has 2 heterocycles. The van der Waals surface area contributed by atoms with Gasteiger partial charge in [0.1, 0.15) is 55.4 Å². The molecule has 0 radical (unpaired) electrons. The smallest absolute Gasteiger partial charge is 0.311 e. The van der Waals surface area contributed by atoms with Crippen LogP contribution < -0.4 is 0 Å². The highest BCUT2D eigenvalue weighted by atomic mass is 16.8. The molecule has 0 unspecified atom stereocenters. The van der Waals surface area contributed by atoms with Crippen molar-refractivity contribution in [2.75, 3.05) is 13.2 Å². The Labute approximate surface area is 534 Å². The maximum atomic E-state index is 15.3. The first-order valence-electron chi connectivity index (χ1n) is 32.8. The molecule has 7 aromatic carbocycles. The van der Waals surface area contributed by atoms with E-state index in [0.717, 1.165) is 103 Å². The molecule has 2 saturated heterocycles. The van der Waals surface area contributed by atoms with Gasteiger partial charge >= 0.3 is 5.97 Å². The first kappa shape index (κ1) is 67.9. The highest BCUT2D eigenvalue weighted by Gasteiger charge is 2.54. The van der Waals surface area contributed by atoms with Gasteiger partial charge in [0.15, 0.2) is 12.6 Å². The molecule has 2 fully saturated rings. The van der Waals surface area contributed by atoms with Gasteiger partial charge in [-0.25, -0.2) is 0 Å². The molecule has 0 amide bonds. The van der Waals surface area contributed by atoms with E-state index in [4.69, 9.17) is 52.1 Å². The number of esters is 1. The first-order valence-corrected chi connectivity index (χ1v) is 32.8. The topological polar surface area (TPSA) is 139 Å². The van der Waals surface area contributed by atoms with Gasteiger partial charge in [0, 0.05) is 0 Å². The van der Waals surface area contributed by atoms with Crippen LogP contribution in [-0.4, -0.2) is 91.8 Å². The Morgan fingerprint density at radius 3 is 1.07 bits per heavy atom. The van der Waals surface area contributed by atoms with Crippen molar-refractivity contribution < 1.29 is 62.0 Å². The molecule has 0 bridgehead atoms. The van der Waals surface area contributed by atoms with Crippen molar-refractivity contribution in [2.24, 2.45) is 5.92 Å². The normalized spacial score (nSPS) is 22.4. The Hall–Kier alpha value is -6.43. The molecular formula is C77H94O13. The lowest BCUT2D eigenvalue weighted by Gasteiger charge is -2.49. The van der Waals surface area contributed by atoms with Crippen LogP contribution in [0.3, 0.4) is 0 Å². The van der Waals surface area contributed by atoms with E-state index in [2.05, 4.69) is 26.0 Å². The second-order valence-corrected chi connectivity index (χ2v) is 23.6. The number of benzene rings is 7. The fourth-order valence-electron chi connectivity index (χ4n) is 11.8. The van der Waals surface area contributed by atoms with Crippen LogP contribution in [-0.2, 0) is 103 Å². The lowest BCUT2D eigenvalue weighted by atomic mass is 9.91. The molecule has 13 heteroatoms. The molecule has 2 aliphatic heterocycles. The third-order valence-electron chi connectivity index (χ3n) is 16.8. The predicted molar refractivity (Wildman–Crippen MR) is 347 cm³/mol. The summed E-state index contributed by atoms with van der Waals surface area (Å²) < 4.78 is 77.4. The maximum Gasteiger partial charge on any atom is 0.311 e. The lowest BCUT2D eigenvalue weighted by molar-refractivity contribution is -0.393. The van der Waals surface area contributed by atoms with E-state index in [1.807, 2.05) is 200 Å². The number of hydrogen-bond donors (Lipinski definition) is 1. The average molecular weight is 1230 g/mol. The third kappa shape index (κ3) is 21.6. The minimum atomic E-state index is -1.30. The molecular weight excluding hydrogens is 1130 g/mol. The number of unbranched alkanes of at least 4 members (excludes halogenated alkanes) is 7. The zero-order valence-corrected chi connectivity index (χ0v) is 52.6. The van der Waals surface area contributed by atoms with E-state index < -0.39 is 73.9 Å². The van der Waals surface area contributed by atoms with E-state index in [9.17, 15) is 5.11 Å². The fourth-order valence-corrected chi connectivity index (χ4v) is 11.8. The largest absolute Gasteiger partial charge is 0.463 e. The summed E-state index contributed by atoms with van der Waals surface area (Å²) in [5, 5.41) is 11.4. The Kier molecular flexibility index (Phi) is 29.0. The third-order valence-corrected chi connectivity index (χ3v) is 16.8. The zero-order valence-electron chi connectivity index (χ0n) is 52.6. The van der Waals surface area contributed by atoms with Crippen LogP contribution in [0.15, 0.2) is 212 Å². The van der Waals surface area contributed by atoms with Gasteiger partial charge in [-0.3, -0.25) is 4.79 Å². The van der Waals surface area contributed by atoms with Gasteiger partial charge < -0.3 is 57.2 Å². The molecule has 9 rings (SSSR count). The summed E-state index contributed by atoms with van der Waals surface area (Å²) in [5.41, 5.74) is 6.56. The molecule has 2 aliphatic rings. The van der Waals surface area contributed by atoms with Gasteiger partial charge in [0.05, 0.1) is 64.9 Å². The van der Waals surface area contributed by atoms with E-state index in [1.54, 1.807) is 0 Å². The second kappa shape index (κ2) is 38.4. The molecule has 0 spiro atoms. The van der Waals surface area contributed by atoms with E-state index in [1.165, 1.54) is 0 Å². The number of hydrogen-bond acceptors (Lipinski definition) is 13. The van der Waals surface area contributed by atoms with Crippen molar-refractivity contribution in [3.05, 3.63) is 251 Å². The molecule has 12 atom stereocenters. The van der Waals surface area contributed by atoms with E-state index in [-0.39, 0.29) is 58.3 Å². The molecule has 0 aliphatic carbocycles. The van der Waals surface area contributed by atoms with Gasteiger partial charge in [-0.2, -0.15) is 0 Å². The van der Waals surface area contributed by atoms with Crippen molar-refractivity contribution >= 4 is 5.97 Å². The van der Waals surface area contributed by atoms with Crippen molar-refractivity contribution in [1.82, 2.24) is 0 Å². The van der Waals surface area contributed by atoms with Crippen LogP contribution in [0.4, 0.5) is 0 Å². The predicted octanol–water partition coefficient (Wildman–Crippen LogP) is 15.0. The summed E-state index contributed by atoms with van der Waals surface area (Å²) in [5.74, 6) is -0.914. The standard InChI is InChI=1S/C77H94O13/c1-3-5-7-9-32-48-66(80-50-58-33-17-10-18-34-58)65(47-31-8-6-4-2)75(79)87-57-68-70(82-52-60-37-21-12-22-38-60)72(84-54-62-41-25-14-26-42-62)74(86-56-64-45-29-16-30-46-64)77(89-68)90-76-73(85-55-63-43-27-15-28-44-63)71(83-53-61-39-23-13-24-40-61)69(67(49-78)88-76)81-51-59-35-19-11-20-36-59/h10-30,33-46,65-74,76-78H,3-9,31-32,47-57H2,1-2H3/t65-,66-,67-,68-,69-,70-,71+,72+,73-,74-,76-,77-/m1/s1. The van der Waals surface area contributed by atoms with Gasteiger partial charge in [-0.15, -0.1) is 0 Å². The number of ether oxygens (including phenoxy) is 11. The molecule has 0 saturated carbocycles. The fraction of sp³-hybridized carbons (Fsp3) is 0.442. The Balaban J connectivity index is 1.10. The molecule has 0 aromatic heterocycles. The van der Waals surface area contributed by atoms with Crippen molar-refractivity contribution in [3.63, 3.8) is 0 Å². The molecule has 13 nitrogen and oxygen atoms in total. The number of carbonyl (C=O) groups excluding carboxylic acids is 1. The van der Waals surface area contributed by atoms with Gasteiger partial charge in [0.25, 0.3) is 0 Å². The summed E-state index contributed by atoms with van der Waals surface area (Å²) in [6.07, 6.45) is 0.236. The summed E-state index contributed by atoms with van der Waals surface area (Å²) in [4.78, 5) is 15.3. The lowest BCUT2D eigenvalue weighted by Crippen LogP contribution is -2.66. The van der Waals surface area contributed by atoms with Crippen LogP contribution >= 0.6 is 0 Å². The van der Waals surface area contributed by atoms with Crippen LogP contribution in [0, 0.1) is 5.92 Å². The highest BCUT2D eigenvalue weighted by Crippen LogP contribution is 2.37. The average Bonchev–Trinajstić information content (AvgIpc) is 1.14. The molecule has 480 valence electrons. The number of aliphatic hydroxyl groups excluding tert-OH is 1. The van der Waals surface area contributed by atoms with Crippen LogP contribution in [0.2, 0.25) is 0 Å². The summed E-state index contributed by atoms with van der Waals surface area (Å²) in [6, 6.07) is 69.6. The number of aliphatic hydroxyl groups is 1. The Morgan fingerprint density at radius 1 is 0.378 bits per heavy atom. The molecule has 1 N–H and O–H groups in total. The molecule has 90 heavy (non-hydrogen) atoms. The Bertz CT molecular complexity index is 2980. The van der Waals surface area contributed by atoms with Crippen LogP contribution in [0.5, 0.6) is 0 Å². The quantitative estimate of drug-likeness (QED) is 0.0289. The van der Waals surface area contributed by atoms with Crippen LogP contribution in [0.1, 0.15) is 123 Å². The van der Waals surface area contributed by atoms with Gasteiger partial charge in [-0.05, 0) is 51.8 Å². The number of carbonyl (C=O) groups is 1. The monoisotopic (exact) mass is 1230 g/mol. The van der Waals surface area contributed by atoms with E-state index >= 15 is 4.79 Å². The first-order chi connectivity index (χ1) is 44.5. The zero-order chi connectivity index (χ0) is 62.2. The summed E-state index contributed by atoms with van der Waals surface area (Å²) >= 11 is 0.